The van der Waals surface area contributed by atoms with E-state index in [2.05, 4.69) is 5.32 Å². The summed E-state index contributed by atoms with van der Waals surface area (Å²) in [5.74, 6) is 0.333. The molecule has 0 spiro atoms. The van der Waals surface area contributed by atoms with Crippen LogP contribution in [0, 0.1) is 0 Å². The monoisotopic (exact) mass is 357 g/mol. The smallest absolute Gasteiger partial charge is 0.416 e. The highest BCUT2D eigenvalue weighted by atomic mass is 19.4. The van der Waals surface area contributed by atoms with Gasteiger partial charge in [-0.2, -0.15) is 13.2 Å². The Kier molecular flexibility index (Phi) is 6.46. The van der Waals surface area contributed by atoms with Crippen LogP contribution in [0.5, 0.6) is 5.75 Å². The Balaban J connectivity index is 2.09. The molecule has 25 heavy (non-hydrogen) atoms. The molecule has 0 unspecified atom stereocenters. The summed E-state index contributed by atoms with van der Waals surface area (Å²) in [6.45, 7) is 0.421. The van der Waals surface area contributed by atoms with E-state index in [0.717, 1.165) is 12.1 Å². The van der Waals surface area contributed by atoms with Crippen LogP contribution in [0.15, 0.2) is 41.0 Å². The lowest BCUT2D eigenvalue weighted by atomic mass is 10.1. The van der Waals surface area contributed by atoms with Crippen LogP contribution >= 0.6 is 0 Å². The van der Waals surface area contributed by atoms with Crippen molar-refractivity contribution < 1.29 is 31.9 Å². The molecular formula is C17H18F3NO4. The fraction of sp³-hybridized carbons (Fsp3) is 0.353. The predicted octanol–water partition coefficient (Wildman–Crippen LogP) is 3.89. The molecule has 1 amide bonds. The molecule has 2 rings (SSSR count). The van der Waals surface area contributed by atoms with Gasteiger partial charge >= 0.3 is 6.18 Å². The van der Waals surface area contributed by atoms with Crippen LogP contribution < -0.4 is 10.1 Å². The van der Waals surface area contributed by atoms with Crippen LogP contribution in [0.3, 0.4) is 0 Å². The predicted molar refractivity (Wildman–Crippen MR) is 84.5 cm³/mol. The molecule has 0 aliphatic rings. The van der Waals surface area contributed by atoms with E-state index in [-0.39, 0.29) is 31.1 Å². The van der Waals surface area contributed by atoms with Crippen molar-refractivity contribution in [3.63, 3.8) is 0 Å². The number of alkyl halides is 3. The van der Waals surface area contributed by atoms with Crippen molar-refractivity contribution in [1.29, 1.82) is 0 Å². The molecule has 0 aliphatic heterocycles. The van der Waals surface area contributed by atoms with Gasteiger partial charge in [0.05, 0.1) is 24.1 Å². The van der Waals surface area contributed by atoms with E-state index in [1.165, 1.54) is 19.4 Å². The van der Waals surface area contributed by atoms with Gasteiger partial charge in [0.25, 0.3) is 0 Å². The molecule has 1 aromatic heterocycles. The average molecular weight is 357 g/mol. The fourth-order valence-electron chi connectivity index (χ4n) is 2.07. The number of halogens is 3. The number of rotatable bonds is 8. The molecule has 5 nitrogen and oxygen atoms in total. The Hall–Kier alpha value is -2.48. The summed E-state index contributed by atoms with van der Waals surface area (Å²) in [6, 6.07) is 6.35. The summed E-state index contributed by atoms with van der Waals surface area (Å²) < 4.78 is 54.0. The van der Waals surface area contributed by atoms with Gasteiger partial charge in [0.1, 0.15) is 18.1 Å². The van der Waals surface area contributed by atoms with E-state index >= 15 is 0 Å². The number of hydrogen-bond donors (Lipinski definition) is 1. The van der Waals surface area contributed by atoms with E-state index in [9.17, 15) is 18.0 Å². The van der Waals surface area contributed by atoms with Gasteiger partial charge in [-0.15, -0.1) is 0 Å². The van der Waals surface area contributed by atoms with E-state index in [0.29, 0.717) is 12.2 Å². The third-order valence-electron chi connectivity index (χ3n) is 3.30. The maximum absolute atomic E-state index is 12.9. The molecule has 8 heteroatoms. The molecule has 1 N–H and O–H groups in total. The minimum Gasteiger partial charge on any atom is -0.489 e. The summed E-state index contributed by atoms with van der Waals surface area (Å²) >= 11 is 0. The number of amides is 1. The summed E-state index contributed by atoms with van der Waals surface area (Å²) in [5.41, 5.74) is -0.900. The van der Waals surface area contributed by atoms with Gasteiger partial charge in [-0.1, -0.05) is 0 Å². The first-order chi connectivity index (χ1) is 11.9. The number of aryl methyl sites for hydroxylation is 1. The lowest BCUT2D eigenvalue weighted by Gasteiger charge is -2.15. The minimum atomic E-state index is -4.52. The molecule has 136 valence electrons. The third kappa shape index (κ3) is 5.82. The standard InChI is InChI=1S/C17H18F3NO4/c1-23-9-10-25-15-6-4-12(17(18,19)20)11-14(15)21-16(22)7-5-13-3-2-8-24-13/h2-4,6,8,11H,5,7,9-10H2,1H3,(H,21,22). The molecule has 0 aliphatic carbocycles. The zero-order valence-electron chi connectivity index (χ0n) is 13.6. The number of carbonyl (C=O) groups excluding carboxylic acids is 1. The normalized spacial score (nSPS) is 11.4. The Morgan fingerprint density at radius 1 is 1.24 bits per heavy atom. The first-order valence-electron chi connectivity index (χ1n) is 7.55. The zero-order chi connectivity index (χ0) is 18.3. The van der Waals surface area contributed by atoms with Crippen molar-refractivity contribution in [3.05, 3.63) is 47.9 Å². The number of ether oxygens (including phenoxy) is 2. The highest BCUT2D eigenvalue weighted by Gasteiger charge is 2.31. The second-order valence-corrected chi connectivity index (χ2v) is 5.18. The lowest BCUT2D eigenvalue weighted by Crippen LogP contribution is -2.15. The summed E-state index contributed by atoms with van der Waals surface area (Å²) in [6.07, 6.45) is -2.61. The second-order valence-electron chi connectivity index (χ2n) is 5.18. The van der Waals surface area contributed by atoms with Crippen molar-refractivity contribution in [2.45, 2.75) is 19.0 Å². The molecule has 1 heterocycles. The number of hydrogen-bond acceptors (Lipinski definition) is 4. The topological polar surface area (TPSA) is 60.7 Å². The highest BCUT2D eigenvalue weighted by Crippen LogP contribution is 2.35. The Morgan fingerprint density at radius 3 is 2.68 bits per heavy atom. The van der Waals surface area contributed by atoms with Crippen molar-refractivity contribution in [3.8, 4) is 5.75 Å². The van der Waals surface area contributed by atoms with Crippen molar-refractivity contribution >= 4 is 11.6 Å². The molecule has 2 aromatic rings. The van der Waals surface area contributed by atoms with Crippen LogP contribution in [0.2, 0.25) is 0 Å². The number of benzene rings is 1. The first-order valence-corrected chi connectivity index (χ1v) is 7.55. The molecule has 1 aromatic carbocycles. The lowest BCUT2D eigenvalue weighted by molar-refractivity contribution is -0.137. The van der Waals surface area contributed by atoms with Gasteiger partial charge < -0.3 is 19.2 Å². The molecule has 0 bridgehead atoms. The maximum atomic E-state index is 12.9. The van der Waals surface area contributed by atoms with Crippen LogP contribution in [-0.4, -0.2) is 26.2 Å². The van der Waals surface area contributed by atoms with Crippen LogP contribution in [-0.2, 0) is 22.1 Å². The van der Waals surface area contributed by atoms with Crippen LogP contribution in [0.4, 0.5) is 18.9 Å². The molecular weight excluding hydrogens is 339 g/mol. The summed E-state index contributed by atoms with van der Waals surface area (Å²) in [4.78, 5) is 12.0. The van der Waals surface area contributed by atoms with Gasteiger partial charge in [-0.25, -0.2) is 0 Å². The number of furan rings is 1. The summed E-state index contributed by atoms with van der Waals surface area (Å²) in [5, 5.41) is 2.47. The number of nitrogens with one attached hydrogen (secondary N) is 1. The van der Waals surface area contributed by atoms with Gasteiger partial charge in [0.2, 0.25) is 5.91 Å². The van der Waals surface area contributed by atoms with Crippen molar-refractivity contribution in [2.24, 2.45) is 0 Å². The van der Waals surface area contributed by atoms with Crippen LogP contribution in [0.1, 0.15) is 17.7 Å². The molecule has 0 saturated heterocycles. The van der Waals surface area contributed by atoms with Crippen molar-refractivity contribution in [2.75, 3.05) is 25.6 Å². The van der Waals surface area contributed by atoms with E-state index in [1.807, 2.05) is 0 Å². The average Bonchev–Trinajstić information content (AvgIpc) is 3.07. The Labute approximate surface area is 142 Å². The highest BCUT2D eigenvalue weighted by molar-refractivity contribution is 5.92. The number of carbonyl (C=O) groups is 1. The van der Waals surface area contributed by atoms with Crippen LogP contribution in [0.25, 0.3) is 0 Å². The first kappa shape index (κ1) is 18.9. The van der Waals surface area contributed by atoms with Gasteiger partial charge in [0, 0.05) is 20.0 Å². The Morgan fingerprint density at radius 2 is 2.04 bits per heavy atom. The maximum Gasteiger partial charge on any atom is 0.416 e. The molecule has 0 radical (unpaired) electrons. The van der Waals surface area contributed by atoms with Gasteiger partial charge in [-0.05, 0) is 30.3 Å². The molecule has 0 saturated carbocycles. The van der Waals surface area contributed by atoms with Gasteiger partial charge in [0.15, 0.2) is 0 Å². The largest absolute Gasteiger partial charge is 0.489 e. The third-order valence-corrected chi connectivity index (χ3v) is 3.30. The number of methoxy groups -OCH3 is 1. The fourth-order valence-corrected chi connectivity index (χ4v) is 2.07. The van der Waals surface area contributed by atoms with E-state index in [4.69, 9.17) is 13.9 Å². The molecule has 0 atom stereocenters. The molecule has 0 fully saturated rings. The number of anilines is 1. The second kappa shape index (κ2) is 8.57. The minimum absolute atomic E-state index is 0.0321. The van der Waals surface area contributed by atoms with Crippen molar-refractivity contribution in [1.82, 2.24) is 0 Å². The summed E-state index contributed by atoms with van der Waals surface area (Å²) in [7, 11) is 1.48. The zero-order valence-corrected chi connectivity index (χ0v) is 13.6. The van der Waals surface area contributed by atoms with E-state index in [1.54, 1.807) is 12.1 Å². The Bertz CT molecular complexity index is 684. The SMILES string of the molecule is COCCOc1ccc(C(F)(F)F)cc1NC(=O)CCc1ccco1. The van der Waals surface area contributed by atoms with Gasteiger partial charge in [-0.3, -0.25) is 4.79 Å². The van der Waals surface area contributed by atoms with E-state index < -0.39 is 17.6 Å². The quantitative estimate of drug-likeness (QED) is 0.728.